The third-order valence-electron chi connectivity index (χ3n) is 4.80. The van der Waals surface area contributed by atoms with E-state index >= 15 is 0 Å². The van der Waals surface area contributed by atoms with Gasteiger partial charge in [0.25, 0.3) is 11.8 Å². The molecule has 3 aromatic rings. The zero-order chi connectivity index (χ0) is 25.9. The fourth-order valence-corrected chi connectivity index (χ4v) is 3.88. The third-order valence-corrected chi connectivity index (χ3v) is 5.77. The average molecular weight is 507 g/mol. The van der Waals surface area contributed by atoms with Crippen molar-refractivity contribution >= 4 is 41.3 Å². The largest absolute Gasteiger partial charge is 0.508 e. The smallest absolute Gasteiger partial charge is 0.316 e. The van der Waals surface area contributed by atoms with Crippen LogP contribution >= 0.6 is 11.8 Å². The van der Waals surface area contributed by atoms with Gasteiger partial charge in [0.15, 0.2) is 0 Å². The number of benzene rings is 3. The molecule has 0 aliphatic heterocycles. The van der Waals surface area contributed by atoms with Crippen LogP contribution in [0.4, 0.5) is 5.69 Å². The standard InChI is InChI=1S/C27H26N2O6S/c1-3-35-25(31)17-36-22-11-7-10-20(15-22)28-27(33)23(29-26(32)18-8-5-4-6-9-18)14-19-12-13-21(30)16-24(19)34-2/h4-16,30H,3,17H2,1-2H3,(H,28,33)(H,29,32)/b23-14-. The predicted molar refractivity (Wildman–Crippen MR) is 139 cm³/mol. The molecule has 0 aliphatic rings. The Balaban J connectivity index is 1.85. The van der Waals surface area contributed by atoms with Crippen LogP contribution in [0.1, 0.15) is 22.8 Å². The van der Waals surface area contributed by atoms with E-state index in [9.17, 15) is 19.5 Å². The van der Waals surface area contributed by atoms with Gasteiger partial charge in [0.2, 0.25) is 0 Å². The minimum atomic E-state index is -0.568. The number of rotatable bonds is 10. The molecule has 0 aliphatic carbocycles. The van der Waals surface area contributed by atoms with E-state index in [1.807, 2.05) is 6.07 Å². The van der Waals surface area contributed by atoms with Crippen molar-refractivity contribution in [1.82, 2.24) is 5.32 Å². The molecule has 186 valence electrons. The quantitative estimate of drug-likeness (QED) is 0.211. The molecule has 3 N–H and O–H groups in total. The second-order valence-electron chi connectivity index (χ2n) is 7.38. The number of hydrogen-bond donors (Lipinski definition) is 3. The molecule has 36 heavy (non-hydrogen) atoms. The molecule has 0 saturated carbocycles. The first-order valence-corrected chi connectivity index (χ1v) is 12.0. The second kappa shape index (κ2) is 13.0. The van der Waals surface area contributed by atoms with Gasteiger partial charge >= 0.3 is 5.97 Å². The van der Waals surface area contributed by atoms with Crippen LogP contribution in [0.15, 0.2) is 83.4 Å². The highest BCUT2D eigenvalue weighted by Crippen LogP contribution is 2.26. The lowest BCUT2D eigenvalue weighted by Gasteiger charge is -2.13. The van der Waals surface area contributed by atoms with Crippen LogP contribution < -0.4 is 15.4 Å². The summed E-state index contributed by atoms with van der Waals surface area (Å²) in [5.41, 5.74) is 1.31. The number of phenolic OH excluding ortho intramolecular Hbond substituents is 1. The number of carbonyl (C=O) groups is 3. The van der Waals surface area contributed by atoms with Crippen LogP contribution in [0.2, 0.25) is 0 Å². The van der Waals surface area contributed by atoms with E-state index in [1.165, 1.54) is 37.1 Å². The summed E-state index contributed by atoms with van der Waals surface area (Å²) in [4.78, 5) is 38.5. The van der Waals surface area contributed by atoms with Crippen LogP contribution in [-0.4, -0.2) is 42.4 Å². The summed E-state index contributed by atoms with van der Waals surface area (Å²) in [5, 5.41) is 15.2. The average Bonchev–Trinajstić information content (AvgIpc) is 2.88. The fourth-order valence-electron chi connectivity index (χ4n) is 3.12. The van der Waals surface area contributed by atoms with E-state index < -0.39 is 11.8 Å². The summed E-state index contributed by atoms with van der Waals surface area (Å²) in [6.45, 7) is 2.05. The molecule has 0 unspecified atom stereocenters. The summed E-state index contributed by atoms with van der Waals surface area (Å²) in [6, 6.07) is 19.9. The Morgan fingerprint density at radius 2 is 1.78 bits per heavy atom. The maximum atomic E-state index is 13.2. The van der Waals surface area contributed by atoms with E-state index in [-0.39, 0.29) is 23.2 Å². The summed E-state index contributed by atoms with van der Waals surface area (Å²) < 4.78 is 10.2. The van der Waals surface area contributed by atoms with Gasteiger partial charge in [0.1, 0.15) is 17.2 Å². The molecule has 0 atom stereocenters. The van der Waals surface area contributed by atoms with Crippen LogP contribution in [0, 0.1) is 0 Å². The Bertz CT molecular complexity index is 1260. The summed E-state index contributed by atoms with van der Waals surface area (Å²) in [5.74, 6) is -0.888. The van der Waals surface area contributed by atoms with Gasteiger partial charge in [-0.2, -0.15) is 0 Å². The number of aromatic hydroxyl groups is 1. The van der Waals surface area contributed by atoms with Crippen molar-refractivity contribution in [3.63, 3.8) is 0 Å². The van der Waals surface area contributed by atoms with E-state index in [0.717, 1.165) is 4.90 Å². The highest BCUT2D eigenvalue weighted by Gasteiger charge is 2.17. The zero-order valence-electron chi connectivity index (χ0n) is 19.8. The van der Waals surface area contributed by atoms with Crippen molar-refractivity contribution in [3.05, 3.63) is 89.6 Å². The monoisotopic (exact) mass is 506 g/mol. The van der Waals surface area contributed by atoms with Crippen molar-refractivity contribution in [3.8, 4) is 11.5 Å². The summed E-state index contributed by atoms with van der Waals surface area (Å²) >= 11 is 1.28. The predicted octanol–water partition coefficient (Wildman–Crippen LogP) is 4.47. The zero-order valence-corrected chi connectivity index (χ0v) is 20.6. The van der Waals surface area contributed by atoms with Gasteiger partial charge < -0.3 is 25.2 Å². The number of phenols is 1. The lowest BCUT2D eigenvalue weighted by Crippen LogP contribution is -2.30. The Labute approximate surface area is 213 Å². The minimum Gasteiger partial charge on any atom is -0.508 e. The third kappa shape index (κ3) is 7.64. The molecular formula is C27H26N2O6S. The number of esters is 1. The first kappa shape index (κ1) is 26.4. The lowest BCUT2D eigenvalue weighted by atomic mass is 10.1. The number of amides is 2. The van der Waals surface area contributed by atoms with Crippen LogP contribution in [0.5, 0.6) is 11.5 Å². The Hall–Kier alpha value is -4.24. The number of thioether (sulfide) groups is 1. The van der Waals surface area contributed by atoms with Crippen molar-refractivity contribution in [2.45, 2.75) is 11.8 Å². The van der Waals surface area contributed by atoms with Gasteiger partial charge in [0, 0.05) is 27.8 Å². The van der Waals surface area contributed by atoms with Crippen LogP contribution in [0.3, 0.4) is 0 Å². The van der Waals surface area contributed by atoms with Crippen LogP contribution in [0.25, 0.3) is 6.08 Å². The highest BCUT2D eigenvalue weighted by molar-refractivity contribution is 8.00. The number of nitrogens with one attached hydrogen (secondary N) is 2. The van der Waals surface area contributed by atoms with Gasteiger partial charge in [0.05, 0.1) is 19.5 Å². The van der Waals surface area contributed by atoms with Gasteiger partial charge in [-0.05, 0) is 55.5 Å². The maximum Gasteiger partial charge on any atom is 0.316 e. The SMILES string of the molecule is CCOC(=O)CSc1cccc(NC(=O)/C(=C/c2ccc(O)cc2OC)NC(=O)c2ccccc2)c1. The normalized spacial score (nSPS) is 10.9. The minimum absolute atomic E-state index is 0.000422. The molecule has 0 heterocycles. The summed E-state index contributed by atoms with van der Waals surface area (Å²) in [7, 11) is 1.44. The van der Waals surface area contributed by atoms with Gasteiger partial charge in [-0.25, -0.2) is 0 Å². The molecule has 9 heteroatoms. The molecule has 0 saturated heterocycles. The van der Waals surface area contributed by atoms with Crippen molar-refractivity contribution in [1.29, 1.82) is 0 Å². The van der Waals surface area contributed by atoms with E-state index in [2.05, 4.69) is 10.6 Å². The maximum absolute atomic E-state index is 13.2. The molecule has 0 spiro atoms. The molecule has 0 fully saturated rings. The molecular weight excluding hydrogens is 480 g/mol. The van der Waals surface area contributed by atoms with Crippen molar-refractivity contribution in [2.75, 3.05) is 24.8 Å². The number of hydrogen-bond acceptors (Lipinski definition) is 7. The Kier molecular flexibility index (Phi) is 9.53. The van der Waals surface area contributed by atoms with Gasteiger partial charge in [-0.1, -0.05) is 24.3 Å². The molecule has 8 nitrogen and oxygen atoms in total. The van der Waals surface area contributed by atoms with E-state index in [4.69, 9.17) is 9.47 Å². The van der Waals surface area contributed by atoms with E-state index in [1.54, 1.807) is 61.5 Å². The number of ether oxygens (including phenoxy) is 2. The second-order valence-corrected chi connectivity index (χ2v) is 8.43. The van der Waals surface area contributed by atoms with Gasteiger partial charge in [-0.15, -0.1) is 11.8 Å². The molecule has 0 radical (unpaired) electrons. The lowest BCUT2D eigenvalue weighted by molar-refractivity contribution is -0.139. The molecule has 3 rings (SSSR count). The first-order valence-electron chi connectivity index (χ1n) is 11.0. The molecule has 3 aromatic carbocycles. The number of methoxy groups -OCH3 is 1. The summed E-state index contributed by atoms with van der Waals surface area (Å²) in [6.07, 6.45) is 1.47. The van der Waals surface area contributed by atoms with Crippen LogP contribution in [-0.2, 0) is 14.3 Å². The fraction of sp³-hybridized carbons (Fsp3) is 0.148. The van der Waals surface area contributed by atoms with E-state index in [0.29, 0.717) is 29.2 Å². The Morgan fingerprint density at radius 1 is 1.00 bits per heavy atom. The topological polar surface area (TPSA) is 114 Å². The number of anilines is 1. The molecule has 0 bridgehead atoms. The number of carbonyl (C=O) groups excluding carboxylic acids is 3. The van der Waals surface area contributed by atoms with Crippen molar-refractivity contribution < 1.29 is 29.0 Å². The Morgan fingerprint density at radius 3 is 2.50 bits per heavy atom. The molecule has 2 amide bonds. The van der Waals surface area contributed by atoms with Crippen molar-refractivity contribution in [2.24, 2.45) is 0 Å². The highest BCUT2D eigenvalue weighted by atomic mass is 32.2. The molecule has 0 aromatic heterocycles. The van der Waals surface area contributed by atoms with Gasteiger partial charge in [-0.3, -0.25) is 14.4 Å². The first-order chi connectivity index (χ1) is 17.4.